The quantitative estimate of drug-likeness (QED) is 0.294. The molecule has 0 saturated carbocycles. The molecule has 1 heterocycles. The zero-order chi connectivity index (χ0) is 9.30. The number of hydrogen-bond donors (Lipinski definition) is 5. The lowest BCUT2D eigenvalue weighted by Gasteiger charge is -2.33. The van der Waals surface area contributed by atoms with Crippen molar-refractivity contribution in [1.82, 2.24) is 5.32 Å². The Bertz CT molecular complexity index is 185. The average Bonchev–Trinajstić information content (AvgIpc) is 2.00. The lowest BCUT2D eigenvalue weighted by molar-refractivity contribution is -0.152. The first-order chi connectivity index (χ1) is 5.54. The van der Waals surface area contributed by atoms with Crippen molar-refractivity contribution in [3.63, 3.8) is 0 Å². The van der Waals surface area contributed by atoms with Gasteiger partial charge in [-0.3, -0.25) is 10.1 Å². The Hall–Kier alpha value is -0.690. The van der Waals surface area contributed by atoms with Crippen molar-refractivity contribution < 1.29 is 25.2 Å². The summed E-state index contributed by atoms with van der Waals surface area (Å²) in [4.78, 5) is 10.4. The zero-order valence-electron chi connectivity index (χ0n) is 6.21. The van der Waals surface area contributed by atoms with Gasteiger partial charge >= 0.3 is 5.97 Å². The van der Waals surface area contributed by atoms with Gasteiger partial charge in [0.2, 0.25) is 0 Å². The van der Waals surface area contributed by atoms with Gasteiger partial charge in [0.1, 0.15) is 18.2 Å². The van der Waals surface area contributed by atoms with Gasteiger partial charge in [0, 0.05) is 6.54 Å². The number of carbonyl (C=O) groups is 1. The molecule has 0 unspecified atom stereocenters. The summed E-state index contributed by atoms with van der Waals surface area (Å²) in [5.41, 5.74) is 0. The van der Waals surface area contributed by atoms with Crippen LogP contribution in [0.25, 0.3) is 0 Å². The van der Waals surface area contributed by atoms with E-state index >= 15 is 0 Å². The highest BCUT2D eigenvalue weighted by Gasteiger charge is 2.39. The van der Waals surface area contributed by atoms with Gasteiger partial charge in [-0.15, -0.1) is 0 Å². The van der Waals surface area contributed by atoms with E-state index in [-0.39, 0.29) is 6.54 Å². The maximum Gasteiger partial charge on any atom is 0.323 e. The molecule has 4 atom stereocenters. The Labute approximate surface area is 68.4 Å². The van der Waals surface area contributed by atoms with Crippen molar-refractivity contribution >= 4 is 5.97 Å². The number of aliphatic carboxylic acids is 1. The molecule has 70 valence electrons. The number of aliphatic hydroxyl groups excluding tert-OH is 3. The summed E-state index contributed by atoms with van der Waals surface area (Å²) in [7, 11) is 0. The summed E-state index contributed by atoms with van der Waals surface area (Å²) in [6, 6.07) is -1.21. The Morgan fingerprint density at radius 2 is 1.83 bits per heavy atom. The summed E-state index contributed by atoms with van der Waals surface area (Å²) in [5, 5.41) is 38.1. The van der Waals surface area contributed by atoms with E-state index in [9.17, 15) is 4.79 Å². The molecule has 0 aliphatic carbocycles. The van der Waals surface area contributed by atoms with Crippen molar-refractivity contribution in [3.05, 3.63) is 0 Å². The van der Waals surface area contributed by atoms with Gasteiger partial charge in [-0.1, -0.05) is 0 Å². The molecule has 0 aromatic rings. The SMILES string of the molecule is O=C(O)[C@@H]1NC[C@@H](O)[C@@H](O)[C@H]1O. The first-order valence-corrected chi connectivity index (χ1v) is 3.54. The molecule has 0 radical (unpaired) electrons. The number of hydrogen-bond acceptors (Lipinski definition) is 5. The summed E-state index contributed by atoms with van der Waals surface area (Å²) in [6.45, 7) is -0.0325. The summed E-state index contributed by atoms with van der Waals surface area (Å²) in [5.74, 6) is -1.24. The topological polar surface area (TPSA) is 110 Å². The summed E-state index contributed by atoms with van der Waals surface area (Å²) in [6.07, 6.45) is -3.98. The van der Waals surface area contributed by atoms with Gasteiger partial charge < -0.3 is 20.4 Å². The molecule has 0 aromatic heterocycles. The van der Waals surface area contributed by atoms with Gasteiger partial charge in [0.15, 0.2) is 0 Å². The maximum atomic E-state index is 10.4. The van der Waals surface area contributed by atoms with E-state index in [0.717, 1.165) is 0 Å². The largest absolute Gasteiger partial charge is 0.480 e. The zero-order valence-corrected chi connectivity index (χ0v) is 6.21. The molecule has 12 heavy (non-hydrogen) atoms. The normalized spacial score (nSPS) is 42.6. The van der Waals surface area contributed by atoms with Crippen molar-refractivity contribution in [3.8, 4) is 0 Å². The van der Waals surface area contributed by atoms with Crippen LogP contribution in [0, 0.1) is 0 Å². The molecule has 0 aromatic carbocycles. The van der Waals surface area contributed by atoms with Crippen LogP contribution in [0.1, 0.15) is 0 Å². The lowest BCUT2D eigenvalue weighted by atomic mass is 9.96. The minimum atomic E-state index is -1.47. The predicted molar refractivity (Wildman–Crippen MR) is 37.4 cm³/mol. The van der Waals surface area contributed by atoms with E-state index < -0.39 is 30.3 Å². The van der Waals surface area contributed by atoms with Crippen LogP contribution in [0.5, 0.6) is 0 Å². The fraction of sp³-hybridized carbons (Fsp3) is 0.833. The molecule has 1 aliphatic rings. The van der Waals surface area contributed by atoms with Crippen LogP contribution in [0.15, 0.2) is 0 Å². The van der Waals surface area contributed by atoms with Crippen molar-refractivity contribution in [1.29, 1.82) is 0 Å². The third-order valence-electron chi connectivity index (χ3n) is 1.90. The number of carboxylic acids is 1. The van der Waals surface area contributed by atoms with Crippen LogP contribution in [-0.4, -0.2) is 57.3 Å². The Balaban J connectivity index is 2.65. The molecule has 1 fully saturated rings. The minimum absolute atomic E-state index is 0.0325. The standard InChI is InChI=1S/C6H11NO5/c8-2-1-7-3(6(11)12)5(10)4(2)9/h2-5,7-10H,1H2,(H,11,12)/t2-,3-,4-,5+/m1/s1. The molecule has 0 bridgehead atoms. The van der Waals surface area contributed by atoms with Gasteiger partial charge in [-0.25, -0.2) is 0 Å². The Kier molecular flexibility index (Phi) is 2.63. The molecule has 6 nitrogen and oxygen atoms in total. The second-order valence-electron chi connectivity index (χ2n) is 2.77. The Morgan fingerprint density at radius 1 is 1.25 bits per heavy atom. The van der Waals surface area contributed by atoms with Crippen molar-refractivity contribution in [2.24, 2.45) is 0 Å². The van der Waals surface area contributed by atoms with Gasteiger partial charge in [-0.05, 0) is 0 Å². The van der Waals surface area contributed by atoms with E-state index in [0.29, 0.717) is 0 Å². The highest BCUT2D eigenvalue weighted by atomic mass is 16.4. The molecule has 0 amide bonds. The number of nitrogens with one attached hydrogen (secondary N) is 1. The fourth-order valence-electron chi connectivity index (χ4n) is 1.15. The van der Waals surface area contributed by atoms with Crippen LogP contribution >= 0.6 is 0 Å². The fourth-order valence-corrected chi connectivity index (χ4v) is 1.15. The van der Waals surface area contributed by atoms with E-state index in [2.05, 4.69) is 5.32 Å². The van der Waals surface area contributed by atoms with E-state index in [4.69, 9.17) is 20.4 Å². The van der Waals surface area contributed by atoms with Crippen molar-refractivity contribution in [2.45, 2.75) is 24.4 Å². The van der Waals surface area contributed by atoms with E-state index in [1.807, 2.05) is 0 Å². The second kappa shape index (κ2) is 3.36. The minimum Gasteiger partial charge on any atom is -0.480 e. The molecule has 1 saturated heterocycles. The molecule has 1 aliphatic heterocycles. The molecular formula is C6H11NO5. The van der Waals surface area contributed by atoms with Crippen LogP contribution in [-0.2, 0) is 4.79 Å². The third kappa shape index (κ3) is 1.56. The lowest BCUT2D eigenvalue weighted by Crippen LogP contribution is -2.62. The predicted octanol–water partition coefficient (Wildman–Crippen LogP) is -2.87. The number of β-amino-alcohol motifs (C(OH)–C–C–N with tert-alkyl or cyclic N) is 1. The average molecular weight is 177 g/mol. The smallest absolute Gasteiger partial charge is 0.323 e. The number of carboxylic acid groups (broad SMARTS) is 1. The highest BCUT2D eigenvalue weighted by Crippen LogP contribution is 2.10. The Morgan fingerprint density at radius 3 is 2.33 bits per heavy atom. The molecule has 1 rings (SSSR count). The number of aliphatic hydroxyl groups is 3. The van der Waals surface area contributed by atoms with Crippen LogP contribution in [0.4, 0.5) is 0 Å². The first-order valence-electron chi connectivity index (χ1n) is 3.54. The van der Waals surface area contributed by atoms with Gasteiger partial charge in [0.05, 0.1) is 6.10 Å². The van der Waals surface area contributed by atoms with Crippen LogP contribution in [0.3, 0.4) is 0 Å². The van der Waals surface area contributed by atoms with Gasteiger partial charge in [0.25, 0.3) is 0 Å². The second-order valence-corrected chi connectivity index (χ2v) is 2.77. The van der Waals surface area contributed by atoms with Gasteiger partial charge in [-0.2, -0.15) is 0 Å². The molecule has 5 N–H and O–H groups in total. The monoisotopic (exact) mass is 177 g/mol. The van der Waals surface area contributed by atoms with Crippen LogP contribution < -0.4 is 5.32 Å². The summed E-state index contributed by atoms with van der Waals surface area (Å²) < 4.78 is 0. The first kappa shape index (κ1) is 9.40. The number of rotatable bonds is 1. The maximum absolute atomic E-state index is 10.4. The number of piperidine rings is 1. The van der Waals surface area contributed by atoms with Crippen LogP contribution in [0.2, 0.25) is 0 Å². The van der Waals surface area contributed by atoms with E-state index in [1.165, 1.54) is 0 Å². The van der Waals surface area contributed by atoms with Crippen molar-refractivity contribution in [2.75, 3.05) is 6.54 Å². The van der Waals surface area contributed by atoms with E-state index in [1.54, 1.807) is 0 Å². The molecule has 6 heteroatoms. The molecule has 0 spiro atoms. The summed E-state index contributed by atoms with van der Waals surface area (Å²) >= 11 is 0. The highest BCUT2D eigenvalue weighted by molar-refractivity contribution is 5.74. The molecular weight excluding hydrogens is 166 g/mol. The third-order valence-corrected chi connectivity index (χ3v) is 1.90.